The fourth-order valence-corrected chi connectivity index (χ4v) is 5.76. The Morgan fingerprint density at radius 1 is 0.892 bits per heavy atom. The minimum absolute atomic E-state index is 0.0727. The Kier molecular flexibility index (Phi) is 10.2. The topological polar surface area (TPSA) is 83.5 Å². The number of rotatable bonds is 7. The Bertz CT molecular complexity index is 1260. The molecule has 0 heterocycles. The summed E-state index contributed by atoms with van der Waals surface area (Å²) in [6.07, 6.45) is 0. The van der Waals surface area contributed by atoms with Crippen LogP contribution in [-0.2, 0) is 36.0 Å². The van der Waals surface area contributed by atoms with Crippen molar-refractivity contribution in [3.63, 3.8) is 0 Å². The molecular formula is C28H30F2O5S2. The maximum atomic E-state index is 12.3. The van der Waals surface area contributed by atoms with Crippen molar-refractivity contribution in [2.24, 2.45) is 0 Å². The van der Waals surface area contributed by atoms with Crippen LogP contribution in [0.4, 0.5) is 8.78 Å². The lowest BCUT2D eigenvalue weighted by Crippen LogP contribution is -2.34. The van der Waals surface area contributed by atoms with Gasteiger partial charge in [0.2, 0.25) is 0 Å². The van der Waals surface area contributed by atoms with Gasteiger partial charge in [-0.2, -0.15) is 8.78 Å². The Hall–Kier alpha value is -3.01. The lowest BCUT2D eigenvalue weighted by molar-refractivity contribution is -0.144. The van der Waals surface area contributed by atoms with Gasteiger partial charge in [0.1, 0.15) is 0 Å². The van der Waals surface area contributed by atoms with Crippen molar-refractivity contribution in [1.29, 1.82) is 0 Å². The number of hydrogen-bond donors (Lipinski definition) is 0. The average Bonchev–Trinajstić information content (AvgIpc) is 2.83. The van der Waals surface area contributed by atoms with E-state index in [4.69, 9.17) is 0 Å². The van der Waals surface area contributed by atoms with Gasteiger partial charge in [-0.1, -0.05) is 81.9 Å². The minimum atomic E-state index is -5.81. The van der Waals surface area contributed by atoms with E-state index in [1.54, 1.807) is 0 Å². The van der Waals surface area contributed by atoms with Crippen molar-refractivity contribution in [3.8, 4) is 0 Å². The van der Waals surface area contributed by atoms with Gasteiger partial charge in [0.15, 0.2) is 31.4 Å². The minimum Gasteiger partial charge on any atom is -0.743 e. The number of ether oxygens (including phenoxy) is 1. The second-order valence-corrected chi connectivity index (χ2v) is 12.6. The molecule has 37 heavy (non-hydrogen) atoms. The Labute approximate surface area is 220 Å². The Morgan fingerprint density at radius 2 is 1.32 bits per heavy atom. The first-order valence-corrected chi connectivity index (χ1v) is 13.9. The van der Waals surface area contributed by atoms with Crippen LogP contribution in [0.15, 0.2) is 112 Å². The molecule has 3 rings (SSSR count). The van der Waals surface area contributed by atoms with Gasteiger partial charge in [0.05, 0.1) is 10.9 Å². The van der Waals surface area contributed by atoms with Crippen molar-refractivity contribution in [1.82, 2.24) is 0 Å². The van der Waals surface area contributed by atoms with Crippen LogP contribution in [-0.4, -0.2) is 30.8 Å². The van der Waals surface area contributed by atoms with E-state index in [0.717, 1.165) is 0 Å². The third-order valence-electron chi connectivity index (χ3n) is 4.96. The van der Waals surface area contributed by atoms with Crippen molar-refractivity contribution >= 4 is 27.0 Å². The number of alkyl halides is 2. The molecule has 0 aliphatic carbocycles. The lowest BCUT2D eigenvalue weighted by Gasteiger charge is -2.22. The van der Waals surface area contributed by atoms with Gasteiger partial charge < -0.3 is 9.29 Å². The van der Waals surface area contributed by atoms with E-state index < -0.39 is 27.9 Å². The van der Waals surface area contributed by atoms with E-state index in [0.29, 0.717) is 0 Å². The van der Waals surface area contributed by atoms with E-state index in [9.17, 15) is 26.5 Å². The first-order valence-electron chi connectivity index (χ1n) is 11.2. The standard InChI is InChI=1S/C22H23S.C6H8F2O5S/c1-22(2,3)20-16-10-11-17-21(20)23(18-12-6-4-7-13-18)19-14-8-5-9-15-19;1-4(2)5(9)13-3-6(7,8)14(10,11)12/h4-17H,1-3H3;1,3H2,2H3,(H,10,11,12)/q+1;/p-1. The summed E-state index contributed by atoms with van der Waals surface area (Å²) in [6, 6.07) is 30.6. The van der Waals surface area contributed by atoms with E-state index in [1.165, 1.54) is 27.2 Å². The zero-order valence-electron chi connectivity index (χ0n) is 21.1. The van der Waals surface area contributed by atoms with Crippen LogP contribution in [0.25, 0.3) is 0 Å². The van der Waals surface area contributed by atoms with Crippen LogP contribution in [0.1, 0.15) is 33.3 Å². The molecule has 0 N–H and O–H groups in total. The molecule has 0 spiro atoms. The summed E-state index contributed by atoms with van der Waals surface area (Å²) in [7, 11) is -5.89. The van der Waals surface area contributed by atoms with Crippen molar-refractivity contribution in [3.05, 3.63) is 103 Å². The normalized spacial score (nSPS) is 11.9. The van der Waals surface area contributed by atoms with Gasteiger partial charge in [-0.15, -0.1) is 0 Å². The number of hydrogen-bond acceptors (Lipinski definition) is 5. The predicted molar refractivity (Wildman–Crippen MR) is 141 cm³/mol. The first-order chi connectivity index (χ1) is 17.1. The van der Waals surface area contributed by atoms with Crippen LogP contribution in [0.3, 0.4) is 0 Å². The molecule has 198 valence electrons. The van der Waals surface area contributed by atoms with E-state index in [2.05, 4.69) is 117 Å². The molecule has 0 atom stereocenters. The number of esters is 1. The average molecular weight is 549 g/mol. The molecule has 0 saturated carbocycles. The monoisotopic (exact) mass is 548 g/mol. The quantitative estimate of drug-likeness (QED) is 0.149. The second-order valence-electron chi connectivity index (χ2n) is 9.13. The predicted octanol–water partition coefficient (Wildman–Crippen LogP) is 6.32. The van der Waals surface area contributed by atoms with Gasteiger partial charge >= 0.3 is 11.2 Å². The molecule has 0 unspecified atom stereocenters. The zero-order valence-corrected chi connectivity index (χ0v) is 22.7. The summed E-state index contributed by atoms with van der Waals surface area (Å²) >= 11 is 0. The first kappa shape index (κ1) is 30.2. The molecule has 5 nitrogen and oxygen atoms in total. The molecule has 3 aromatic rings. The SMILES string of the molecule is C=C(C)C(=O)OCC(F)(F)S(=O)(=O)[O-].CC(C)(C)c1ccccc1[S+](c1ccccc1)c1ccccc1. The Balaban J connectivity index is 0.000000298. The third-order valence-corrected chi connectivity index (χ3v) is 8.09. The van der Waals surface area contributed by atoms with Crippen LogP contribution < -0.4 is 0 Å². The van der Waals surface area contributed by atoms with Gasteiger partial charge in [-0.25, -0.2) is 13.2 Å². The highest BCUT2D eigenvalue weighted by atomic mass is 32.2. The summed E-state index contributed by atoms with van der Waals surface area (Å²) in [5.41, 5.74) is 1.38. The number of carbonyl (C=O) groups excluding carboxylic acids is 1. The summed E-state index contributed by atoms with van der Waals surface area (Å²) < 4.78 is 58.3. The summed E-state index contributed by atoms with van der Waals surface area (Å²) in [6.45, 7) is 9.34. The molecule has 0 aromatic heterocycles. The van der Waals surface area contributed by atoms with Crippen LogP contribution in [0, 0.1) is 0 Å². The number of carbonyl (C=O) groups is 1. The second kappa shape index (κ2) is 12.5. The summed E-state index contributed by atoms with van der Waals surface area (Å²) in [5, 5.41) is -4.61. The highest BCUT2D eigenvalue weighted by Gasteiger charge is 2.39. The van der Waals surface area contributed by atoms with Gasteiger partial charge in [0.25, 0.3) is 0 Å². The number of halogens is 2. The summed E-state index contributed by atoms with van der Waals surface area (Å²) in [5.74, 6) is -1.19. The van der Waals surface area contributed by atoms with E-state index >= 15 is 0 Å². The lowest BCUT2D eigenvalue weighted by atomic mass is 9.87. The fourth-order valence-electron chi connectivity index (χ4n) is 3.11. The smallest absolute Gasteiger partial charge is 0.367 e. The van der Waals surface area contributed by atoms with Gasteiger partial charge in [0, 0.05) is 11.1 Å². The molecule has 0 fully saturated rings. The maximum absolute atomic E-state index is 12.3. The third kappa shape index (κ3) is 8.52. The molecule has 0 aliphatic rings. The number of benzene rings is 3. The zero-order chi connectivity index (χ0) is 27.9. The molecule has 0 bridgehead atoms. The van der Waals surface area contributed by atoms with Crippen LogP contribution >= 0.6 is 0 Å². The molecule has 0 amide bonds. The van der Waals surface area contributed by atoms with Gasteiger partial charge in [-0.3, -0.25) is 0 Å². The van der Waals surface area contributed by atoms with Crippen molar-refractivity contribution in [2.75, 3.05) is 6.61 Å². The molecule has 3 aromatic carbocycles. The largest absolute Gasteiger partial charge is 0.743 e. The van der Waals surface area contributed by atoms with Crippen LogP contribution in [0.5, 0.6) is 0 Å². The molecule has 0 saturated heterocycles. The fraction of sp³-hybridized carbons (Fsp3) is 0.250. The van der Waals surface area contributed by atoms with Crippen molar-refractivity contribution < 1.29 is 31.3 Å². The molecule has 0 aliphatic heterocycles. The van der Waals surface area contributed by atoms with Gasteiger partial charge in [-0.05, 0) is 42.7 Å². The van der Waals surface area contributed by atoms with Crippen molar-refractivity contribution in [2.45, 2.75) is 53.1 Å². The molecular weight excluding hydrogens is 518 g/mol. The highest BCUT2D eigenvalue weighted by molar-refractivity contribution is 7.97. The molecule has 0 radical (unpaired) electrons. The maximum Gasteiger partial charge on any atom is 0.367 e. The highest BCUT2D eigenvalue weighted by Crippen LogP contribution is 2.37. The van der Waals surface area contributed by atoms with Crippen LogP contribution in [0.2, 0.25) is 0 Å². The van der Waals surface area contributed by atoms with E-state index in [-0.39, 0.29) is 21.9 Å². The molecule has 9 heteroatoms. The summed E-state index contributed by atoms with van der Waals surface area (Å²) in [4.78, 5) is 14.7. The van der Waals surface area contributed by atoms with E-state index in [1.807, 2.05) is 0 Å². The Morgan fingerprint density at radius 3 is 1.73 bits per heavy atom.